The minimum Gasteiger partial charge on any atom is -0.478 e. The molecule has 0 amide bonds. The van der Waals surface area contributed by atoms with Crippen molar-refractivity contribution < 1.29 is 19.8 Å². The van der Waals surface area contributed by atoms with Crippen LogP contribution in [0.1, 0.15) is 20.7 Å². The topological polar surface area (TPSA) is 74.6 Å². The van der Waals surface area contributed by atoms with E-state index in [0.29, 0.717) is 0 Å². The highest BCUT2D eigenvalue weighted by molar-refractivity contribution is 7.59. The first-order valence-corrected chi connectivity index (χ1v) is 3.18. The van der Waals surface area contributed by atoms with Gasteiger partial charge in [0.1, 0.15) is 0 Å². The van der Waals surface area contributed by atoms with Crippen molar-refractivity contribution >= 4 is 38.9 Å². The van der Waals surface area contributed by atoms with E-state index in [2.05, 4.69) is 0 Å². The fraction of sp³-hybridized carbons (Fsp3) is 0. The zero-order chi connectivity index (χ0) is 9.14. The molecule has 1 aromatic carbocycles. The Hall–Kier alpha value is -1.14. The summed E-state index contributed by atoms with van der Waals surface area (Å²) in [5.41, 5.74) is -0.0372. The van der Waals surface area contributed by atoms with Crippen LogP contribution in [-0.4, -0.2) is 22.2 Å². The molecule has 78 valence electrons. The Morgan fingerprint density at radius 2 is 1.29 bits per heavy atom. The Morgan fingerprint density at radius 3 is 1.57 bits per heavy atom. The molecule has 0 unspecified atom stereocenters. The van der Waals surface area contributed by atoms with Gasteiger partial charge in [-0.3, -0.25) is 0 Å². The maximum absolute atomic E-state index is 10.4. The minimum absolute atomic E-state index is 0. The van der Waals surface area contributed by atoms with Crippen molar-refractivity contribution in [2.75, 3.05) is 0 Å². The zero-order valence-electron chi connectivity index (χ0n) is 7.02. The van der Waals surface area contributed by atoms with Crippen molar-refractivity contribution in [1.29, 1.82) is 0 Å². The average Bonchev–Trinajstić information content (AvgIpc) is 2.04. The predicted molar refractivity (Wildman–Crippen MR) is 61.1 cm³/mol. The third-order valence-corrected chi connectivity index (χ3v) is 1.36. The molecule has 0 saturated carbocycles. The van der Waals surface area contributed by atoms with Crippen LogP contribution in [0.2, 0.25) is 0 Å². The molecule has 0 atom stereocenters. The van der Waals surface area contributed by atoms with Crippen LogP contribution < -0.4 is 0 Å². The monoisotopic (exact) mass is 234 g/mol. The lowest BCUT2D eigenvalue weighted by Crippen LogP contribution is -2.01. The summed E-state index contributed by atoms with van der Waals surface area (Å²) in [7, 11) is 0. The number of carboxylic acids is 2. The van der Waals surface area contributed by atoms with E-state index in [1.165, 1.54) is 18.2 Å². The summed E-state index contributed by atoms with van der Waals surface area (Å²) < 4.78 is 0. The van der Waals surface area contributed by atoms with Gasteiger partial charge in [-0.25, -0.2) is 9.59 Å². The van der Waals surface area contributed by atoms with Gasteiger partial charge in [0.05, 0.1) is 11.1 Å². The van der Waals surface area contributed by atoms with Crippen LogP contribution in [0.15, 0.2) is 24.3 Å². The summed E-state index contributed by atoms with van der Waals surface area (Å²) >= 11 is 0. The number of hydrogen-bond acceptors (Lipinski definition) is 2. The first-order chi connectivity index (χ1) is 5.61. The van der Waals surface area contributed by atoms with Crippen molar-refractivity contribution in [1.82, 2.24) is 0 Å². The molecule has 0 radical (unpaired) electrons. The number of rotatable bonds is 2. The Kier molecular flexibility index (Phi) is 6.94. The molecule has 0 saturated heterocycles. The molecule has 0 aromatic heterocycles. The van der Waals surface area contributed by atoms with E-state index in [-0.39, 0.29) is 38.1 Å². The van der Waals surface area contributed by atoms with E-state index in [9.17, 15) is 9.59 Å². The molecule has 0 bridgehead atoms. The van der Waals surface area contributed by atoms with Crippen LogP contribution in [0.3, 0.4) is 0 Å². The van der Waals surface area contributed by atoms with Crippen molar-refractivity contribution in [3.8, 4) is 0 Å². The summed E-state index contributed by atoms with van der Waals surface area (Å²) in [6, 6.07) is 5.20. The van der Waals surface area contributed by atoms with E-state index in [1.54, 1.807) is 0 Å². The average molecular weight is 234 g/mol. The second kappa shape index (κ2) is 6.33. The van der Waals surface area contributed by atoms with E-state index in [4.69, 9.17) is 10.2 Å². The first-order valence-electron chi connectivity index (χ1n) is 3.18. The molecule has 1 aromatic rings. The summed E-state index contributed by atoms with van der Waals surface area (Å²) in [6.45, 7) is 0. The summed E-state index contributed by atoms with van der Waals surface area (Å²) in [5.74, 6) is -2.25. The molecule has 0 heterocycles. The minimum atomic E-state index is -1.13. The van der Waals surface area contributed by atoms with Gasteiger partial charge in [-0.1, -0.05) is 6.07 Å². The molecule has 4 nitrogen and oxygen atoms in total. The Balaban J connectivity index is 0. The maximum atomic E-state index is 10.4. The maximum Gasteiger partial charge on any atom is 0.335 e. The van der Waals surface area contributed by atoms with Gasteiger partial charge in [0, 0.05) is 0 Å². The van der Waals surface area contributed by atoms with Crippen LogP contribution in [0.4, 0.5) is 0 Å². The third kappa shape index (κ3) is 3.71. The third-order valence-electron chi connectivity index (χ3n) is 1.36. The van der Waals surface area contributed by atoms with Crippen LogP contribution in [0.25, 0.3) is 0 Å². The lowest BCUT2D eigenvalue weighted by molar-refractivity contribution is 0.0696. The smallest absolute Gasteiger partial charge is 0.335 e. The van der Waals surface area contributed by atoms with Crippen LogP contribution >= 0.6 is 27.0 Å². The zero-order valence-corrected chi connectivity index (χ0v) is 9.02. The van der Waals surface area contributed by atoms with Gasteiger partial charge >= 0.3 is 11.9 Å². The van der Waals surface area contributed by atoms with Crippen LogP contribution in [0.5, 0.6) is 0 Å². The number of aromatic carboxylic acids is 2. The van der Waals surface area contributed by atoms with Gasteiger partial charge < -0.3 is 10.2 Å². The van der Waals surface area contributed by atoms with Crippen molar-refractivity contribution in [2.24, 2.45) is 0 Å². The van der Waals surface area contributed by atoms with Gasteiger partial charge in [-0.15, -0.1) is 0 Å². The van der Waals surface area contributed by atoms with Crippen molar-refractivity contribution in [3.05, 3.63) is 35.4 Å². The highest BCUT2D eigenvalue weighted by atomic mass is 32.1. The highest BCUT2D eigenvalue weighted by Crippen LogP contribution is 2.04. The van der Waals surface area contributed by atoms with Crippen molar-refractivity contribution in [2.45, 2.75) is 0 Å². The van der Waals surface area contributed by atoms with Crippen molar-refractivity contribution in [3.63, 3.8) is 0 Å². The standard InChI is InChI=1S/C8H6O4.2H2S/c9-7(10)5-2-1-3-6(4-5)8(11)12;;/h1-4H,(H,9,10)(H,11,12);2*1H2. The van der Waals surface area contributed by atoms with E-state index in [0.717, 1.165) is 6.07 Å². The van der Waals surface area contributed by atoms with Gasteiger partial charge in [0.2, 0.25) is 0 Å². The number of carbonyl (C=O) groups is 2. The number of benzene rings is 1. The molecule has 0 spiro atoms. The molecule has 6 heteroatoms. The van der Waals surface area contributed by atoms with E-state index in [1.807, 2.05) is 0 Å². The Labute approximate surface area is 94.5 Å². The molecular formula is C8H10O4S2. The highest BCUT2D eigenvalue weighted by Gasteiger charge is 2.06. The fourth-order valence-electron chi connectivity index (χ4n) is 0.785. The van der Waals surface area contributed by atoms with Gasteiger partial charge in [-0.05, 0) is 18.2 Å². The number of carboxylic acid groups (broad SMARTS) is 2. The second-order valence-electron chi connectivity index (χ2n) is 2.19. The summed E-state index contributed by atoms with van der Waals surface area (Å²) in [4.78, 5) is 20.8. The summed E-state index contributed by atoms with van der Waals surface area (Å²) in [6.07, 6.45) is 0. The largest absolute Gasteiger partial charge is 0.478 e. The second-order valence-corrected chi connectivity index (χ2v) is 2.19. The fourth-order valence-corrected chi connectivity index (χ4v) is 0.785. The molecule has 14 heavy (non-hydrogen) atoms. The lowest BCUT2D eigenvalue weighted by Gasteiger charge is -1.95. The van der Waals surface area contributed by atoms with Crippen LogP contribution in [0, 0.1) is 0 Å². The van der Waals surface area contributed by atoms with E-state index >= 15 is 0 Å². The molecule has 0 aliphatic carbocycles. The van der Waals surface area contributed by atoms with Gasteiger partial charge in [0.25, 0.3) is 0 Å². The quantitative estimate of drug-likeness (QED) is 0.809. The molecule has 0 fully saturated rings. The molecular weight excluding hydrogens is 224 g/mol. The Bertz CT molecular complexity index is 309. The number of hydrogen-bond donors (Lipinski definition) is 2. The molecule has 0 aliphatic rings. The Morgan fingerprint density at radius 1 is 0.929 bits per heavy atom. The summed E-state index contributed by atoms with van der Waals surface area (Å²) in [5, 5.41) is 17.0. The molecule has 1 rings (SSSR count). The SMILES string of the molecule is O=C(O)c1cccc(C(=O)O)c1.S.S. The predicted octanol–water partition coefficient (Wildman–Crippen LogP) is 1.31. The lowest BCUT2D eigenvalue weighted by atomic mass is 10.1. The van der Waals surface area contributed by atoms with Crippen LogP contribution in [-0.2, 0) is 0 Å². The van der Waals surface area contributed by atoms with E-state index < -0.39 is 11.9 Å². The normalized spacial score (nSPS) is 8.00. The van der Waals surface area contributed by atoms with Gasteiger partial charge in [-0.2, -0.15) is 27.0 Å². The molecule has 0 aliphatic heterocycles. The first kappa shape index (κ1) is 15.3. The van der Waals surface area contributed by atoms with Gasteiger partial charge in [0.15, 0.2) is 0 Å². The molecule has 2 N–H and O–H groups in total.